The van der Waals surface area contributed by atoms with Gasteiger partial charge in [-0.05, 0) is 43.6 Å². The van der Waals surface area contributed by atoms with Crippen LogP contribution in [0.5, 0.6) is 5.88 Å². The summed E-state index contributed by atoms with van der Waals surface area (Å²) in [5.41, 5.74) is 1.13. The van der Waals surface area contributed by atoms with Gasteiger partial charge in [-0.25, -0.2) is 17.9 Å². The molecule has 2 fully saturated rings. The van der Waals surface area contributed by atoms with Gasteiger partial charge in [0, 0.05) is 43.2 Å². The van der Waals surface area contributed by atoms with Crippen molar-refractivity contribution in [1.29, 1.82) is 0 Å². The number of fused-ring (bicyclic) bond motifs is 3. The molecule has 1 aromatic carbocycles. The number of nitrogens with one attached hydrogen (secondary N) is 1. The van der Waals surface area contributed by atoms with E-state index < -0.39 is 23.4 Å². The van der Waals surface area contributed by atoms with Crippen molar-refractivity contribution in [3.05, 3.63) is 53.2 Å². The number of aromatic nitrogens is 5. The molecule has 8 nitrogen and oxygen atoms in total. The first-order valence-corrected chi connectivity index (χ1v) is 12.5. The molecular weight excluding hydrogens is 471 g/mol. The molecule has 3 aliphatic rings. The van der Waals surface area contributed by atoms with Crippen LogP contribution in [0.4, 0.5) is 24.8 Å². The molecule has 0 radical (unpaired) electrons. The van der Waals surface area contributed by atoms with Crippen molar-refractivity contribution in [1.82, 2.24) is 25.0 Å². The number of hydrogen-bond donors (Lipinski definition) is 1. The lowest BCUT2D eigenvalue weighted by Gasteiger charge is -2.39. The maximum atomic E-state index is 14.7. The van der Waals surface area contributed by atoms with E-state index >= 15 is 0 Å². The number of halogens is 3. The van der Waals surface area contributed by atoms with Crippen molar-refractivity contribution in [2.75, 3.05) is 30.4 Å². The van der Waals surface area contributed by atoms with E-state index in [0.29, 0.717) is 42.5 Å². The summed E-state index contributed by atoms with van der Waals surface area (Å²) in [6, 6.07) is 4.45. The van der Waals surface area contributed by atoms with E-state index in [1.165, 1.54) is 6.07 Å². The molecule has 1 N–H and O–H groups in total. The van der Waals surface area contributed by atoms with Crippen molar-refractivity contribution >= 4 is 11.6 Å². The maximum Gasteiger partial charge on any atom is 0.242 e. The smallest absolute Gasteiger partial charge is 0.242 e. The van der Waals surface area contributed by atoms with Crippen molar-refractivity contribution in [3.8, 4) is 5.88 Å². The van der Waals surface area contributed by atoms with E-state index in [-0.39, 0.29) is 11.6 Å². The van der Waals surface area contributed by atoms with Crippen LogP contribution in [-0.4, -0.2) is 51.2 Å². The fourth-order valence-corrected chi connectivity index (χ4v) is 6.11. The summed E-state index contributed by atoms with van der Waals surface area (Å²) >= 11 is 0. The zero-order chi connectivity index (χ0) is 24.8. The summed E-state index contributed by atoms with van der Waals surface area (Å²) in [6.07, 6.45) is 6.27. The van der Waals surface area contributed by atoms with Crippen molar-refractivity contribution in [2.24, 2.45) is 11.8 Å². The number of hydrogen-bond acceptors (Lipinski definition) is 7. The minimum absolute atomic E-state index is 0.130. The molecule has 1 aliphatic carbocycles. The topological polar surface area (TPSA) is 81.0 Å². The first-order valence-electron chi connectivity index (χ1n) is 12.5. The Morgan fingerprint density at radius 2 is 1.83 bits per heavy atom. The third-order valence-corrected chi connectivity index (χ3v) is 7.89. The predicted octanol–water partition coefficient (Wildman–Crippen LogP) is 4.14. The van der Waals surface area contributed by atoms with E-state index in [4.69, 9.17) is 14.8 Å². The molecule has 36 heavy (non-hydrogen) atoms. The first kappa shape index (κ1) is 23.1. The van der Waals surface area contributed by atoms with Crippen LogP contribution < -0.4 is 15.0 Å². The Morgan fingerprint density at radius 3 is 2.61 bits per heavy atom. The third kappa shape index (κ3) is 4.04. The first-order chi connectivity index (χ1) is 17.5. The molecule has 2 bridgehead atoms. The highest BCUT2D eigenvalue weighted by atomic mass is 19.2. The maximum absolute atomic E-state index is 14.7. The molecule has 190 valence electrons. The molecule has 0 unspecified atom stereocenters. The number of piperidine rings is 1. The SMILES string of the molecule is COc1cc(N2C[C@H]3CC[C@@H](C2)[C@@H]3Nc2nc3n(n2)CCCC[C@@H]3c2ccc(F)c(F)c2F)cnn1. The van der Waals surface area contributed by atoms with Gasteiger partial charge in [0.25, 0.3) is 0 Å². The Morgan fingerprint density at radius 1 is 1.03 bits per heavy atom. The van der Waals surface area contributed by atoms with E-state index in [2.05, 4.69) is 20.4 Å². The fraction of sp³-hybridized carbons (Fsp3) is 0.520. The van der Waals surface area contributed by atoms with Crippen molar-refractivity contribution < 1.29 is 17.9 Å². The van der Waals surface area contributed by atoms with Crippen LogP contribution in [0.25, 0.3) is 0 Å². The summed E-state index contributed by atoms with van der Waals surface area (Å²) in [7, 11) is 1.58. The van der Waals surface area contributed by atoms with Gasteiger partial charge in [-0.15, -0.1) is 10.2 Å². The van der Waals surface area contributed by atoms with Gasteiger partial charge < -0.3 is 15.0 Å². The Labute approximate surface area is 206 Å². The summed E-state index contributed by atoms with van der Waals surface area (Å²) in [6.45, 7) is 2.41. The van der Waals surface area contributed by atoms with E-state index in [1.807, 2.05) is 6.07 Å². The van der Waals surface area contributed by atoms with Crippen LogP contribution in [0.3, 0.4) is 0 Å². The minimum Gasteiger partial charge on any atom is -0.480 e. The number of methoxy groups -OCH3 is 1. The number of benzene rings is 1. The van der Waals surface area contributed by atoms with Gasteiger partial charge in [0.1, 0.15) is 5.82 Å². The second-order valence-corrected chi connectivity index (χ2v) is 9.96. The molecule has 4 heterocycles. The van der Waals surface area contributed by atoms with E-state index in [1.54, 1.807) is 18.0 Å². The van der Waals surface area contributed by atoms with Gasteiger partial charge in [0.15, 0.2) is 17.5 Å². The molecule has 3 aromatic rings. The summed E-state index contributed by atoms with van der Waals surface area (Å²) in [5.74, 6) is -1.81. The summed E-state index contributed by atoms with van der Waals surface area (Å²) in [5, 5.41) is 16.3. The zero-order valence-electron chi connectivity index (χ0n) is 20.0. The molecular formula is C25H28F3N7O. The highest BCUT2D eigenvalue weighted by Gasteiger charge is 2.43. The van der Waals surface area contributed by atoms with Crippen LogP contribution in [0.2, 0.25) is 0 Å². The number of rotatable bonds is 5. The number of aryl methyl sites for hydroxylation is 1. The molecule has 6 rings (SSSR count). The van der Waals surface area contributed by atoms with E-state index in [0.717, 1.165) is 50.5 Å². The lowest BCUT2D eigenvalue weighted by atomic mass is 9.92. The Balaban J connectivity index is 1.23. The molecule has 2 aromatic heterocycles. The minimum atomic E-state index is -1.44. The molecule has 1 saturated heterocycles. The van der Waals surface area contributed by atoms with Crippen LogP contribution in [0.15, 0.2) is 24.4 Å². The average molecular weight is 500 g/mol. The second kappa shape index (κ2) is 9.25. The third-order valence-electron chi connectivity index (χ3n) is 7.89. The molecule has 2 aliphatic heterocycles. The largest absolute Gasteiger partial charge is 0.480 e. The standard InChI is InChI=1S/C25H28F3N7O/c1-36-20-10-16(11-29-32-20)34-12-14-5-6-15(13-34)23(14)30-25-31-24-18(4-2-3-9-35(24)33-25)17-7-8-19(26)22(28)21(17)27/h7-8,10-11,14-15,18,23H,2-6,9,12-13H2,1H3,(H,30,33)/t14-,15+,18-,23-/m1/s1. The lowest BCUT2D eigenvalue weighted by molar-refractivity contribution is 0.372. The second-order valence-electron chi connectivity index (χ2n) is 9.96. The Kier molecular flexibility index (Phi) is 5.93. The van der Waals surface area contributed by atoms with Crippen LogP contribution in [-0.2, 0) is 6.54 Å². The van der Waals surface area contributed by atoms with Crippen LogP contribution >= 0.6 is 0 Å². The zero-order valence-corrected chi connectivity index (χ0v) is 20.0. The number of ether oxygens (including phenoxy) is 1. The van der Waals surface area contributed by atoms with E-state index in [9.17, 15) is 13.2 Å². The Hall–Kier alpha value is -3.37. The normalized spacial score (nSPS) is 25.4. The quantitative estimate of drug-likeness (QED) is 0.529. The van der Waals surface area contributed by atoms with Gasteiger partial charge in [-0.1, -0.05) is 12.5 Å². The van der Waals surface area contributed by atoms with Crippen molar-refractivity contribution in [3.63, 3.8) is 0 Å². The molecule has 0 spiro atoms. The molecule has 4 atom stereocenters. The molecule has 0 amide bonds. The predicted molar refractivity (Wildman–Crippen MR) is 126 cm³/mol. The highest BCUT2D eigenvalue weighted by Crippen LogP contribution is 2.41. The number of anilines is 2. The number of nitrogens with zero attached hydrogens (tertiary/aromatic N) is 6. The van der Waals surface area contributed by atoms with Gasteiger partial charge in [-0.2, -0.15) is 10.1 Å². The molecule has 1 saturated carbocycles. The van der Waals surface area contributed by atoms with Gasteiger partial charge in [0.05, 0.1) is 19.0 Å². The highest BCUT2D eigenvalue weighted by molar-refractivity contribution is 5.48. The van der Waals surface area contributed by atoms with Crippen molar-refractivity contribution in [2.45, 2.75) is 50.6 Å². The van der Waals surface area contributed by atoms with Gasteiger partial charge >= 0.3 is 0 Å². The lowest BCUT2D eigenvalue weighted by Crippen LogP contribution is -2.48. The van der Waals surface area contributed by atoms with Gasteiger partial charge in [-0.3, -0.25) is 0 Å². The summed E-state index contributed by atoms with van der Waals surface area (Å²) in [4.78, 5) is 7.09. The monoisotopic (exact) mass is 499 g/mol. The molecule has 11 heteroatoms. The van der Waals surface area contributed by atoms with Crippen LogP contribution in [0.1, 0.15) is 49.4 Å². The average Bonchev–Trinajstić information content (AvgIpc) is 3.30. The van der Waals surface area contributed by atoms with Crippen LogP contribution in [0, 0.1) is 29.3 Å². The van der Waals surface area contributed by atoms with Gasteiger partial charge in [0.2, 0.25) is 11.8 Å². The summed E-state index contributed by atoms with van der Waals surface area (Å²) < 4.78 is 49.3. The fourth-order valence-electron chi connectivity index (χ4n) is 6.11. The Bertz CT molecular complexity index is 1250.